The number of unbranched alkanes of at least 4 members (excludes halogenated alkanes) is 11. The van der Waals surface area contributed by atoms with Crippen LogP contribution in [0.1, 0.15) is 103 Å². The van der Waals surface area contributed by atoms with Gasteiger partial charge in [0.15, 0.2) is 0 Å². The highest BCUT2D eigenvalue weighted by atomic mass is 16.6. The predicted octanol–water partition coefficient (Wildman–Crippen LogP) is 6.91. The van der Waals surface area contributed by atoms with Crippen LogP contribution >= 0.6 is 0 Å². The van der Waals surface area contributed by atoms with Crippen molar-refractivity contribution in [2.75, 3.05) is 6.61 Å². The zero-order chi connectivity index (χ0) is 24.3. The van der Waals surface area contributed by atoms with E-state index in [0.29, 0.717) is 18.6 Å². The van der Waals surface area contributed by atoms with Crippen molar-refractivity contribution in [2.45, 2.75) is 109 Å². The van der Waals surface area contributed by atoms with Gasteiger partial charge in [0.05, 0.1) is 23.6 Å². The summed E-state index contributed by atoms with van der Waals surface area (Å²) in [5, 5.41) is 30.4. The van der Waals surface area contributed by atoms with Crippen molar-refractivity contribution in [1.82, 2.24) is 0 Å². The Hall–Kier alpha value is -2.15. The highest BCUT2D eigenvalue weighted by Crippen LogP contribution is 2.21. The zero-order valence-corrected chi connectivity index (χ0v) is 20.3. The number of aliphatic hydroxyl groups is 1. The number of nitrogens with zero attached hydrogens (tertiary/aromatic N) is 1. The Labute approximate surface area is 198 Å². The molecule has 7 heteroatoms. The van der Waals surface area contributed by atoms with Crippen molar-refractivity contribution < 1.29 is 24.7 Å². The molecule has 188 valence electrons. The maximum atomic E-state index is 11.6. The topological polar surface area (TPSA) is 110 Å². The smallest absolute Gasteiger partial charge is 0.306 e. The van der Waals surface area contributed by atoms with E-state index < -0.39 is 22.9 Å². The first-order chi connectivity index (χ1) is 15.9. The molecule has 0 amide bonds. The minimum atomic E-state index is -0.853. The number of carboxylic acid groups (broad SMARTS) is 1. The molecule has 33 heavy (non-hydrogen) atoms. The van der Waals surface area contributed by atoms with Gasteiger partial charge in [0.1, 0.15) is 5.75 Å². The van der Waals surface area contributed by atoms with E-state index in [1.165, 1.54) is 82.1 Å². The third-order valence-corrected chi connectivity index (χ3v) is 6.08. The number of benzene rings is 1. The maximum absolute atomic E-state index is 11.6. The van der Waals surface area contributed by atoms with Crippen LogP contribution in [0.3, 0.4) is 0 Å². The number of hydrogen-bond donors (Lipinski definition) is 2. The molecule has 0 fully saturated rings. The molecule has 2 atom stereocenters. The van der Waals surface area contributed by atoms with Gasteiger partial charge in [-0.05, 0) is 25.0 Å². The van der Waals surface area contributed by atoms with Gasteiger partial charge in [-0.3, -0.25) is 14.9 Å². The molecule has 1 aromatic carbocycles. The van der Waals surface area contributed by atoms with Crippen molar-refractivity contribution in [3.63, 3.8) is 0 Å². The first kappa shape index (κ1) is 28.9. The van der Waals surface area contributed by atoms with Gasteiger partial charge >= 0.3 is 5.97 Å². The number of aliphatic hydroxyl groups excluding tert-OH is 1. The molecule has 0 bridgehead atoms. The Morgan fingerprint density at radius 2 is 1.42 bits per heavy atom. The number of nitro groups is 1. The van der Waals surface area contributed by atoms with Crippen molar-refractivity contribution in [1.29, 1.82) is 0 Å². The molecule has 7 nitrogen and oxygen atoms in total. The molecule has 2 N–H and O–H groups in total. The largest absolute Gasteiger partial charge is 0.493 e. The molecule has 0 saturated carbocycles. The number of rotatable bonds is 21. The zero-order valence-electron chi connectivity index (χ0n) is 20.3. The monoisotopic (exact) mass is 465 g/mol. The van der Waals surface area contributed by atoms with Crippen molar-refractivity contribution in [3.8, 4) is 5.75 Å². The van der Waals surface area contributed by atoms with E-state index in [0.717, 1.165) is 19.3 Å². The van der Waals surface area contributed by atoms with Crippen LogP contribution in [0.5, 0.6) is 5.75 Å². The van der Waals surface area contributed by atoms with Gasteiger partial charge in [0.25, 0.3) is 5.69 Å². The Kier molecular flexibility index (Phi) is 16.0. The summed E-state index contributed by atoms with van der Waals surface area (Å²) in [6, 6.07) is 5.75. The lowest BCUT2D eigenvalue weighted by atomic mass is 9.93. The summed E-state index contributed by atoms with van der Waals surface area (Å²) in [4.78, 5) is 21.7. The van der Waals surface area contributed by atoms with E-state index in [1.807, 2.05) is 0 Å². The van der Waals surface area contributed by atoms with Gasteiger partial charge in [-0.15, -0.1) is 0 Å². The summed E-state index contributed by atoms with van der Waals surface area (Å²) in [6.07, 6.45) is 15.3. The average molecular weight is 466 g/mol. The first-order valence-corrected chi connectivity index (χ1v) is 12.7. The molecule has 0 saturated heterocycles. The SMILES string of the molecule is CCCCCCCCCCCCCCC(CC(O)CCOc1ccc([N+](=O)[O-])cc1)C(=O)O. The summed E-state index contributed by atoms with van der Waals surface area (Å²) in [6.45, 7) is 2.46. The lowest BCUT2D eigenvalue weighted by Gasteiger charge is -2.17. The number of aliphatic carboxylic acids is 1. The third-order valence-electron chi connectivity index (χ3n) is 6.08. The van der Waals surface area contributed by atoms with E-state index in [4.69, 9.17) is 4.74 Å². The first-order valence-electron chi connectivity index (χ1n) is 12.7. The van der Waals surface area contributed by atoms with Crippen molar-refractivity contribution >= 4 is 11.7 Å². The number of carboxylic acids is 1. The second-order valence-corrected chi connectivity index (χ2v) is 8.99. The summed E-state index contributed by atoms with van der Waals surface area (Å²) in [5.41, 5.74) is -0.00973. The fourth-order valence-corrected chi connectivity index (χ4v) is 4.00. The second kappa shape index (κ2) is 18.3. The lowest BCUT2D eigenvalue weighted by molar-refractivity contribution is -0.384. The molecule has 0 aliphatic heterocycles. The van der Waals surface area contributed by atoms with Crippen LogP contribution in [-0.4, -0.2) is 33.8 Å². The average Bonchev–Trinajstić information content (AvgIpc) is 2.79. The van der Waals surface area contributed by atoms with E-state index >= 15 is 0 Å². The quantitative estimate of drug-likeness (QED) is 0.116. The van der Waals surface area contributed by atoms with E-state index in [1.54, 1.807) is 0 Å². The van der Waals surface area contributed by atoms with Gasteiger partial charge < -0.3 is 14.9 Å². The second-order valence-electron chi connectivity index (χ2n) is 8.99. The Morgan fingerprint density at radius 1 is 0.909 bits per heavy atom. The minimum absolute atomic E-state index is 0.00973. The fourth-order valence-electron chi connectivity index (χ4n) is 4.00. The van der Waals surface area contributed by atoms with Crippen LogP contribution in [0.15, 0.2) is 24.3 Å². The van der Waals surface area contributed by atoms with Gasteiger partial charge in [0, 0.05) is 18.6 Å². The molecular weight excluding hydrogens is 422 g/mol. The Morgan fingerprint density at radius 3 is 1.91 bits per heavy atom. The summed E-state index contributed by atoms with van der Waals surface area (Å²) in [7, 11) is 0. The molecule has 0 aliphatic rings. The number of non-ortho nitro benzene ring substituents is 1. The van der Waals surface area contributed by atoms with Crippen LogP contribution < -0.4 is 4.74 Å². The van der Waals surface area contributed by atoms with Crippen molar-refractivity contribution in [3.05, 3.63) is 34.4 Å². The molecular formula is C26H43NO6. The molecule has 1 aromatic rings. The van der Waals surface area contributed by atoms with Crippen LogP contribution in [0.25, 0.3) is 0 Å². The molecule has 1 rings (SSSR count). The molecule has 2 unspecified atom stereocenters. The molecule has 0 spiro atoms. The standard InChI is InChI=1S/C26H43NO6/c1-2-3-4-5-6-7-8-9-10-11-12-13-14-22(26(29)30)21-24(28)19-20-33-25-17-15-23(16-18-25)27(31)32/h15-18,22,24,28H,2-14,19-21H2,1H3,(H,29,30). The van der Waals surface area contributed by atoms with Gasteiger partial charge in [-0.1, -0.05) is 84.0 Å². The van der Waals surface area contributed by atoms with Crippen molar-refractivity contribution in [2.24, 2.45) is 5.92 Å². The summed E-state index contributed by atoms with van der Waals surface area (Å²) in [5.74, 6) is -0.907. The molecule has 0 radical (unpaired) electrons. The number of carbonyl (C=O) groups is 1. The Bertz CT molecular complexity index is 649. The predicted molar refractivity (Wildman–Crippen MR) is 131 cm³/mol. The minimum Gasteiger partial charge on any atom is -0.493 e. The molecule has 0 aromatic heterocycles. The number of nitro benzene ring substituents is 1. The molecule has 0 aliphatic carbocycles. The van der Waals surface area contributed by atoms with Crippen LogP contribution in [0.4, 0.5) is 5.69 Å². The lowest BCUT2D eigenvalue weighted by Crippen LogP contribution is -2.22. The maximum Gasteiger partial charge on any atom is 0.306 e. The Balaban J connectivity index is 2.10. The highest BCUT2D eigenvalue weighted by molar-refractivity contribution is 5.69. The van der Waals surface area contributed by atoms with Crippen LogP contribution in [0.2, 0.25) is 0 Å². The number of hydrogen-bond acceptors (Lipinski definition) is 5. The fraction of sp³-hybridized carbons (Fsp3) is 0.731. The van der Waals surface area contributed by atoms with Gasteiger partial charge in [-0.2, -0.15) is 0 Å². The number of ether oxygens (including phenoxy) is 1. The van der Waals surface area contributed by atoms with E-state index in [-0.39, 0.29) is 18.7 Å². The third kappa shape index (κ3) is 14.6. The van der Waals surface area contributed by atoms with E-state index in [9.17, 15) is 25.1 Å². The molecule has 0 heterocycles. The van der Waals surface area contributed by atoms with E-state index in [2.05, 4.69) is 6.92 Å². The normalized spacial score (nSPS) is 12.9. The van der Waals surface area contributed by atoms with Gasteiger partial charge in [0.2, 0.25) is 0 Å². The highest BCUT2D eigenvalue weighted by Gasteiger charge is 2.21. The summed E-state index contributed by atoms with van der Waals surface area (Å²) >= 11 is 0. The van der Waals surface area contributed by atoms with Crippen LogP contribution in [-0.2, 0) is 4.79 Å². The van der Waals surface area contributed by atoms with Crippen LogP contribution in [0, 0.1) is 16.0 Å². The van der Waals surface area contributed by atoms with Gasteiger partial charge in [-0.25, -0.2) is 0 Å². The summed E-state index contributed by atoms with van der Waals surface area (Å²) < 4.78 is 5.50.